The van der Waals surface area contributed by atoms with Gasteiger partial charge in [0, 0.05) is 16.3 Å². The van der Waals surface area contributed by atoms with Crippen molar-refractivity contribution in [3.05, 3.63) is 45.9 Å². The molecule has 20 heavy (non-hydrogen) atoms. The topological polar surface area (TPSA) is 72.2 Å². The number of hydrogen-bond acceptors (Lipinski definition) is 4. The zero-order valence-electron chi connectivity index (χ0n) is 10.9. The standard InChI is InChI=1S/C13H15FN2O2S2/c1-2-9-3-4-10(19-9)8-16-20(17,18)11-5-6-13(15)12(14)7-11/h3-7,16H,2,8,15H2,1H3. The van der Waals surface area contributed by atoms with Gasteiger partial charge in [-0.15, -0.1) is 11.3 Å². The molecular weight excluding hydrogens is 299 g/mol. The van der Waals surface area contributed by atoms with Crippen LogP contribution in [-0.2, 0) is 23.0 Å². The maximum Gasteiger partial charge on any atom is 0.241 e. The number of thiophene rings is 1. The molecule has 7 heteroatoms. The molecule has 1 aromatic carbocycles. The van der Waals surface area contributed by atoms with Crippen molar-refractivity contribution in [1.82, 2.24) is 4.72 Å². The Balaban J connectivity index is 2.12. The normalized spacial score (nSPS) is 11.7. The van der Waals surface area contributed by atoms with E-state index in [0.717, 1.165) is 17.4 Å². The molecule has 108 valence electrons. The van der Waals surface area contributed by atoms with E-state index in [2.05, 4.69) is 4.72 Å². The molecule has 2 rings (SSSR count). The fourth-order valence-electron chi connectivity index (χ4n) is 1.63. The second-order valence-corrected chi connectivity index (χ2v) is 7.25. The van der Waals surface area contributed by atoms with E-state index in [-0.39, 0.29) is 17.1 Å². The maximum atomic E-state index is 13.3. The number of nitrogens with one attached hydrogen (secondary N) is 1. The molecule has 0 fully saturated rings. The van der Waals surface area contributed by atoms with Crippen LogP contribution in [-0.4, -0.2) is 8.42 Å². The van der Waals surface area contributed by atoms with Crippen LogP contribution in [0.4, 0.5) is 10.1 Å². The summed E-state index contributed by atoms with van der Waals surface area (Å²) in [5, 5.41) is 0. The lowest BCUT2D eigenvalue weighted by atomic mass is 10.3. The van der Waals surface area contributed by atoms with Gasteiger partial charge < -0.3 is 5.73 Å². The monoisotopic (exact) mass is 314 g/mol. The molecule has 0 saturated carbocycles. The number of halogens is 1. The number of nitrogen functional groups attached to an aromatic ring is 1. The smallest absolute Gasteiger partial charge is 0.241 e. The van der Waals surface area contributed by atoms with E-state index in [1.54, 1.807) is 11.3 Å². The summed E-state index contributed by atoms with van der Waals surface area (Å²) in [5.41, 5.74) is 5.25. The first kappa shape index (κ1) is 15.0. The molecule has 1 heterocycles. The number of aryl methyl sites for hydroxylation is 1. The van der Waals surface area contributed by atoms with Crippen LogP contribution in [0.15, 0.2) is 35.2 Å². The van der Waals surface area contributed by atoms with Gasteiger partial charge in [-0.25, -0.2) is 17.5 Å². The van der Waals surface area contributed by atoms with E-state index in [1.165, 1.54) is 17.0 Å². The van der Waals surface area contributed by atoms with E-state index < -0.39 is 15.8 Å². The minimum absolute atomic E-state index is 0.0743. The van der Waals surface area contributed by atoms with Crippen LogP contribution >= 0.6 is 11.3 Å². The molecular formula is C13H15FN2O2S2. The molecule has 0 atom stereocenters. The summed E-state index contributed by atoms with van der Waals surface area (Å²) >= 11 is 1.55. The summed E-state index contributed by atoms with van der Waals surface area (Å²) in [6, 6.07) is 7.30. The minimum atomic E-state index is -3.73. The van der Waals surface area contributed by atoms with Crippen LogP contribution in [0.3, 0.4) is 0 Å². The summed E-state index contributed by atoms with van der Waals surface area (Å²) < 4.78 is 39.8. The first-order chi connectivity index (χ1) is 9.42. The average Bonchev–Trinajstić information content (AvgIpc) is 2.87. The van der Waals surface area contributed by atoms with Gasteiger partial charge in [-0.2, -0.15) is 0 Å². The van der Waals surface area contributed by atoms with Crippen LogP contribution < -0.4 is 10.5 Å². The van der Waals surface area contributed by atoms with Gasteiger partial charge in [0.1, 0.15) is 5.82 Å². The molecule has 1 aromatic heterocycles. The van der Waals surface area contributed by atoms with Crippen LogP contribution in [0, 0.1) is 5.82 Å². The molecule has 0 unspecified atom stereocenters. The SMILES string of the molecule is CCc1ccc(CNS(=O)(=O)c2ccc(N)c(F)c2)s1. The van der Waals surface area contributed by atoms with Crippen LogP contribution in [0.2, 0.25) is 0 Å². The molecule has 0 spiro atoms. The van der Waals surface area contributed by atoms with Crippen molar-refractivity contribution < 1.29 is 12.8 Å². The van der Waals surface area contributed by atoms with Crippen molar-refractivity contribution in [2.24, 2.45) is 0 Å². The third-order valence-corrected chi connectivity index (χ3v) is 5.41. The molecule has 0 aliphatic heterocycles. The highest BCUT2D eigenvalue weighted by atomic mass is 32.2. The van der Waals surface area contributed by atoms with Gasteiger partial charge in [-0.3, -0.25) is 0 Å². The van der Waals surface area contributed by atoms with Crippen molar-refractivity contribution in [3.63, 3.8) is 0 Å². The van der Waals surface area contributed by atoms with Crippen LogP contribution in [0.1, 0.15) is 16.7 Å². The second-order valence-electron chi connectivity index (χ2n) is 4.23. The van der Waals surface area contributed by atoms with Gasteiger partial charge >= 0.3 is 0 Å². The van der Waals surface area contributed by atoms with E-state index >= 15 is 0 Å². The van der Waals surface area contributed by atoms with Crippen molar-refractivity contribution in [3.8, 4) is 0 Å². The highest BCUT2D eigenvalue weighted by molar-refractivity contribution is 7.89. The average molecular weight is 314 g/mol. The molecule has 0 aliphatic carbocycles. The number of anilines is 1. The lowest BCUT2D eigenvalue weighted by molar-refractivity contribution is 0.578. The summed E-state index contributed by atoms with van der Waals surface area (Å²) in [6.07, 6.45) is 0.917. The van der Waals surface area contributed by atoms with E-state index in [4.69, 9.17) is 5.73 Å². The Bertz CT molecular complexity index is 711. The van der Waals surface area contributed by atoms with E-state index in [9.17, 15) is 12.8 Å². The third kappa shape index (κ3) is 3.36. The lowest BCUT2D eigenvalue weighted by Gasteiger charge is -2.06. The van der Waals surface area contributed by atoms with Gasteiger partial charge in [0.15, 0.2) is 0 Å². The van der Waals surface area contributed by atoms with Gasteiger partial charge in [0.25, 0.3) is 0 Å². The highest BCUT2D eigenvalue weighted by Crippen LogP contribution is 2.19. The minimum Gasteiger partial charge on any atom is -0.396 e. The Labute approximate surface area is 121 Å². The van der Waals surface area contributed by atoms with E-state index in [0.29, 0.717) is 0 Å². The number of benzene rings is 1. The molecule has 0 radical (unpaired) electrons. The Hall–Kier alpha value is -1.44. The zero-order valence-corrected chi connectivity index (χ0v) is 12.5. The molecule has 0 saturated heterocycles. The first-order valence-electron chi connectivity index (χ1n) is 6.04. The highest BCUT2D eigenvalue weighted by Gasteiger charge is 2.15. The number of nitrogens with two attached hydrogens (primary N) is 1. The van der Waals surface area contributed by atoms with Gasteiger partial charge in [0.2, 0.25) is 10.0 Å². The quantitative estimate of drug-likeness (QED) is 0.833. The molecule has 0 amide bonds. The fourth-order valence-corrected chi connectivity index (χ4v) is 3.64. The Morgan fingerprint density at radius 1 is 1.25 bits per heavy atom. The zero-order chi connectivity index (χ0) is 14.8. The van der Waals surface area contributed by atoms with Crippen molar-refractivity contribution in [2.75, 3.05) is 5.73 Å². The molecule has 0 bridgehead atoms. The summed E-state index contributed by atoms with van der Waals surface area (Å²) in [7, 11) is -3.73. The summed E-state index contributed by atoms with van der Waals surface area (Å²) in [4.78, 5) is 1.98. The Morgan fingerprint density at radius 3 is 2.55 bits per heavy atom. The number of rotatable bonds is 5. The second kappa shape index (κ2) is 5.90. The summed E-state index contributed by atoms with van der Waals surface area (Å²) in [6.45, 7) is 2.23. The predicted molar refractivity (Wildman–Crippen MR) is 78.5 cm³/mol. The molecule has 2 aromatic rings. The summed E-state index contributed by atoms with van der Waals surface area (Å²) in [5.74, 6) is -0.739. The third-order valence-electron chi connectivity index (χ3n) is 2.78. The van der Waals surface area contributed by atoms with Crippen LogP contribution in [0.5, 0.6) is 0 Å². The van der Waals surface area contributed by atoms with Crippen molar-refractivity contribution in [2.45, 2.75) is 24.8 Å². The Morgan fingerprint density at radius 2 is 1.95 bits per heavy atom. The molecule has 4 nitrogen and oxygen atoms in total. The van der Waals surface area contributed by atoms with Gasteiger partial charge in [-0.05, 0) is 36.8 Å². The van der Waals surface area contributed by atoms with Gasteiger partial charge in [-0.1, -0.05) is 6.92 Å². The maximum absolute atomic E-state index is 13.3. The fraction of sp³-hybridized carbons (Fsp3) is 0.231. The molecule has 0 aliphatic rings. The van der Waals surface area contributed by atoms with E-state index in [1.807, 2.05) is 19.1 Å². The predicted octanol–water partition coefficient (Wildman–Crippen LogP) is 2.51. The largest absolute Gasteiger partial charge is 0.396 e. The lowest BCUT2D eigenvalue weighted by Crippen LogP contribution is -2.23. The number of hydrogen-bond donors (Lipinski definition) is 2. The number of sulfonamides is 1. The van der Waals surface area contributed by atoms with Crippen LogP contribution in [0.25, 0.3) is 0 Å². The Kier molecular flexibility index (Phi) is 4.42. The van der Waals surface area contributed by atoms with Crippen molar-refractivity contribution >= 4 is 27.0 Å². The van der Waals surface area contributed by atoms with Crippen molar-refractivity contribution in [1.29, 1.82) is 0 Å². The molecule has 3 N–H and O–H groups in total. The van der Waals surface area contributed by atoms with Gasteiger partial charge in [0.05, 0.1) is 10.6 Å². The first-order valence-corrected chi connectivity index (χ1v) is 8.34.